The van der Waals surface area contributed by atoms with Crippen LogP contribution in [0.15, 0.2) is 41.0 Å². The lowest BCUT2D eigenvalue weighted by Gasteiger charge is -2.32. The van der Waals surface area contributed by atoms with Gasteiger partial charge in [0.15, 0.2) is 0 Å². The van der Waals surface area contributed by atoms with Gasteiger partial charge >= 0.3 is 0 Å². The third kappa shape index (κ3) is 2.77. The average Bonchev–Trinajstić information content (AvgIpc) is 2.52. The predicted octanol–water partition coefficient (Wildman–Crippen LogP) is 4.53. The van der Waals surface area contributed by atoms with Crippen LogP contribution in [0.5, 0.6) is 0 Å². The molecule has 0 aliphatic heterocycles. The molecule has 2 atom stereocenters. The number of likely N-dealkylation sites (N-methyl/N-ethyl adjacent to an activating group) is 1. The van der Waals surface area contributed by atoms with E-state index in [9.17, 15) is 0 Å². The third-order valence-electron chi connectivity index (χ3n) is 4.60. The quantitative estimate of drug-likeness (QED) is 0.884. The zero-order chi connectivity index (χ0) is 14.8. The Balaban J connectivity index is 2.04. The zero-order valence-corrected chi connectivity index (χ0v) is 14.2. The second kappa shape index (κ2) is 6.29. The lowest BCUT2D eigenvalue weighted by Crippen LogP contribution is -2.28. The zero-order valence-electron chi connectivity index (χ0n) is 12.6. The van der Waals surface area contributed by atoms with Gasteiger partial charge in [0.1, 0.15) is 0 Å². The van der Waals surface area contributed by atoms with Gasteiger partial charge in [-0.25, -0.2) is 0 Å². The largest absolute Gasteiger partial charge is 0.312 e. The summed E-state index contributed by atoms with van der Waals surface area (Å²) in [6, 6.07) is 11.1. The minimum atomic E-state index is 0.316. The number of pyridine rings is 1. The predicted molar refractivity (Wildman–Crippen MR) is 90.6 cm³/mol. The third-order valence-corrected chi connectivity index (χ3v) is 5.46. The molecular formula is C18H21BrN2. The molecule has 1 aromatic carbocycles. The first kappa shape index (κ1) is 14.7. The van der Waals surface area contributed by atoms with Crippen molar-refractivity contribution in [3.63, 3.8) is 0 Å². The van der Waals surface area contributed by atoms with Crippen molar-refractivity contribution in [2.75, 3.05) is 7.05 Å². The molecular weight excluding hydrogens is 324 g/mol. The molecule has 1 aliphatic carbocycles. The van der Waals surface area contributed by atoms with Gasteiger partial charge in [0.25, 0.3) is 0 Å². The molecule has 1 aromatic heterocycles. The van der Waals surface area contributed by atoms with Gasteiger partial charge in [-0.1, -0.05) is 34.1 Å². The molecule has 0 amide bonds. The van der Waals surface area contributed by atoms with Crippen LogP contribution in [0, 0.1) is 6.92 Å². The Kier molecular flexibility index (Phi) is 4.41. The molecule has 0 bridgehead atoms. The highest BCUT2D eigenvalue weighted by atomic mass is 79.9. The monoisotopic (exact) mass is 344 g/mol. The van der Waals surface area contributed by atoms with Crippen LogP contribution in [0.2, 0.25) is 0 Å². The van der Waals surface area contributed by atoms with Crippen LogP contribution in [0.3, 0.4) is 0 Å². The first-order chi connectivity index (χ1) is 10.2. The van der Waals surface area contributed by atoms with Crippen LogP contribution >= 0.6 is 15.9 Å². The summed E-state index contributed by atoms with van der Waals surface area (Å²) in [5, 5.41) is 3.54. The number of nitrogens with one attached hydrogen (secondary N) is 1. The Hall–Kier alpha value is -1.19. The van der Waals surface area contributed by atoms with Crippen molar-refractivity contribution < 1.29 is 0 Å². The van der Waals surface area contributed by atoms with E-state index in [0.717, 1.165) is 6.42 Å². The number of halogens is 1. The van der Waals surface area contributed by atoms with Crippen molar-refractivity contribution in [3.8, 4) is 0 Å². The van der Waals surface area contributed by atoms with E-state index in [1.807, 2.05) is 6.20 Å². The van der Waals surface area contributed by atoms with E-state index in [0.29, 0.717) is 12.0 Å². The number of fused-ring (bicyclic) bond motifs is 1. The van der Waals surface area contributed by atoms with Crippen molar-refractivity contribution in [3.05, 3.63) is 63.4 Å². The molecule has 3 heteroatoms. The minimum Gasteiger partial charge on any atom is -0.312 e. The molecule has 0 fully saturated rings. The molecule has 21 heavy (non-hydrogen) atoms. The van der Waals surface area contributed by atoms with Gasteiger partial charge in [0.05, 0.1) is 0 Å². The summed E-state index contributed by atoms with van der Waals surface area (Å²) in [7, 11) is 2.06. The Morgan fingerprint density at radius 3 is 2.95 bits per heavy atom. The van der Waals surface area contributed by atoms with Crippen molar-refractivity contribution in [2.24, 2.45) is 0 Å². The van der Waals surface area contributed by atoms with Gasteiger partial charge in [0.2, 0.25) is 0 Å². The highest BCUT2D eigenvalue weighted by Crippen LogP contribution is 2.40. The maximum absolute atomic E-state index is 4.70. The molecule has 110 valence electrons. The van der Waals surface area contributed by atoms with Gasteiger partial charge < -0.3 is 5.32 Å². The smallest absolute Gasteiger partial charge is 0.0485 e. The van der Waals surface area contributed by atoms with Crippen LogP contribution < -0.4 is 5.32 Å². The molecule has 0 radical (unpaired) electrons. The summed E-state index contributed by atoms with van der Waals surface area (Å²) in [5.41, 5.74) is 5.39. The molecule has 1 heterocycles. The van der Waals surface area contributed by atoms with Crippen molar-refractivity contribution in [2.45, 2.75) is 38.1 Å². The van der Waals surface area contributed by atoms with Gasteiger partial charge in [-0.3, -0.25) is 4.98 Å². The Morgan fingerprint density at radius 2 is 2.14 bits per heavy atom. The number of rotatable bonds is 3. The first-order valence-corrected chi connectivity index (χ1v) is 8.37. The summed E-state index contributed by atoms with van der Waals surface area (Å²) < 4.78 is 1.18. The lowest BCUT2D eigenvalue weighted by molar-refractivity contribution is 0.414. The molecule has 0 spiro atoms. The van der Waals surface area contributed by atoms with E-state index >= 15 is 0 Å². The van der Waals surface area contributed by atoms with Gasteiger partial charge in [-0.05, 0) is 62.1 Å². The van der Waals surface area contributed by atoms with E-state index < -0.39 is 0 Å². The van der Waals surface area contributed by atoms with E-state index in [1.165, 1.54) is 39.7 Å². The average molecular weight is 345 g/mol. The van der Waals surface area contributed by atoms with Gasteiger partial charge in [-0.15, -0.1) is 0 Å². The molecule has 2 aromatic rings. The number of aryl methyl sites for hydroxylation is 1. The Morgan fingerprint density at radius 1 is 1.29 bits per heavy atom. The van der Waals surface area contributed by atoms with Crippen LogP contribution in [-0.2, 0) is 6.42 Å². The summed E-state index contributed by atoms with van der Waals surface area (Å²) in [5.74, 6) is 0.452. The van der Waals surface area contributed by atoms with Crippen LogP contribution in [0.25, 0.3) is 0 Å². The molecule has 1 N–H and O–H groups in total. The maximum Gasteiger partial charge on any atom is 0.0485 e. The molecule has 0 saturated heterocycles. The van der Waals surface area contributed by atoms with Crippen LogP contribution in [0.4, 0.5) is 0 Å². The summed E-state index contributed by atoms with van der Waals surface area (Å²) in [4.78, 5) is 4.70. The number of benzene rings is 1. The molecule has 2 nitrogen and oxygen atoms in total. The minimum absolute atomic E-state index is 0.316. The fraction of sp³-hybridized carbons (Fsp3) is 0.389. The highest BCUT2D eigenvalue weighted by molar-refractivity contribution is 9.10. The number of hydrogen-bond acceptors (Lipinski definition) is 2. The first-order valence-electron chi connectivity index (χ1n) is 7.58. The van der Waals surface area contributed by atoms with E-state index in [2.05, 4.69) is 65.5 Å². The second-order valence-corrected chi connectivity index (χ2v) is 6.62. The van der Waals surface area contributed by atoms with Crippen molar-refractivity contribution in [1.29, 1.82) is 0 Å². The molecule has 1 aliphatic rings. The summed E-state index contributed by atoms with van der Waals surface area (Å²) in [6.45, 7) is 2.19. The van der Waals surface area contributed by atoms with Gasteiger partial charge in [0, 0.05) is 28.3 Å². The highest BCUT2D eigenvalue weighted by Gasteiger charge is 2.30. The Labute approximate surface area is 135 Å². The van der Waals surface area contributed by atoms with Crippen LogP contribution in [-0.4, -0.2) is 12.0 Å². The molecule has 0 saturated carbocycles. The van der Waals surface area contributed by atoms with E-state index in [-0.39, 0.29) is 0 Å². The fourth-order valence-electron chi connectivity index (χ4n) is 3.50. The molecule has 3 rings (SSSR count). The van der Waals surface area contributed by atoms with Gasteiger partial charge in [-0.2, -0.15) is 0 Å². The SMILES string of the molecule is CNC(c1cccc(Br)c1C)C1CCCc2cccnc21. The number of nitrogens with zero attached hydrogens (tertiary/aromatic N) is 1. The molecule has 2 unspecified atom stereocenters. The standard InChI is InChI=1S/C18H21BrN2/c1-12-14(8-4-10-16(12)19)18(20-2)15-9-3-6-13-7-5-11-21-17(13)15/h4-5,7-8,10-11,15,18,20H,3,6,9H2,1-2H3. The lowest BCUT2D eigenvalue weighted by atomic mass is 9.79. The topological polar surface area (TPSA) is 24.9 Å². The number of hydrogen-bond donors (Lipinski definition) is 1. The second-order valence-electron chi connectivity index (χ2n) is 5.77. The van der Waals surface area contributed by atoms with Crippen LogP contribution in [0.1, 0.15) is 47.2 Å². The normalized spacial score (nSPS) is 19.1. The Bertz CT molecular complexity index is 639. The van der Waals surface area contributed by atoms with Crippen molar-refractivity contribution in [1.82, 2.24) is 10.3 Å². The maximum atomic E-state index is 4.70. The fourth-order valence-corrected chi connectivity index (χ4v) is 3.89. The summed E-state index contributed by atoms with van der Waals surface area (Å²) in [6.07, 6.45) is 5.53. The van der Waals surface area contributed by atoms with Crippen molar-refractivity contribution >= 4 is 15.9 Å². The van der Waals surface area contributed by atoms with E-state index in [4.69, 9.17) is 4.98 Å². The van der Waals surface area contributed by atoms with E-state index in [1.54, 1.807) is 0 Å². The summed E-state index contributed by atoms with van der Waals surface area (Å²) >= 11 is 3.66. The number of aromatic nitrogens is 1.